The fraction of sp³-hybridized carbons (Fsp3) is 0.474. The molecule has 0 aliphatic heterocycles. The van der Waals surface area contributed by atoms with Gasteiger partial charge in [-0.3, -0.25) is 0 Å². The third-order valence-corrected chi connectivity index (χ3v) is 4.91. The van der Waals surface area contributed by atoms with Crippen LogP contribution in [0.4, 0.5) is 0 Å². The van der Waals surface area contributed by atoms with E-state index in [0.717, 1.165) is 11.5 Å². The van der Waals surface area contributed by atoms with Gasteiger partial charge in [0, 0.05) is 5.56 Å². The Labute approximate surface area is 128 Å². The first-order valence-corrected chi connectivity index (χ1v) is 7.60. The third-order valence-electron chi connectivity index (χ3n) is 4.91. The van der Waals surface area contributed by atoms with E-state index in [1.807, 2.05) is 14.0 Å². The molecule has 0 saturated carbocycles. The number of hydrogen-bond donors (Lipinski definition) is 1. The lowest BCUT2D eigenvalue weighted by Gasteiger charge is -2.24. The SMILES string of the molecule is CNC(c1c(C)oc(C)c1C)c1c(C)c(C)cc(C)c1C. The van der Waals surface area contributed by atoms with Gasteiger partial charge in [-0.2, -0.15) is 0 Å². The van der Waals surface area contributed by atoms with E-state index in [-0.39, 0.29) is 6.04 Å². The molecule has 1 atom stereocenters. The maximum atomic E-state index is 5.85. The Kier molecular flexibility index (Phi) is 4.29. The summed E-state index contributed by atoms with van der Waals surface area (Å²) in [5.74, 6) is 2.03. The van der Waals surface area contributed by atoms with Crippen LogP contribution in [0.25, 0.3) is 0 Å². The highest BCUT2D eigenvalue weighted by molar-refractivity contribution is 5.51. The van der Waals surface area contributed by atoms with Crippen molar-refractivity contribution in [2.45, 2.75) is 54.5 Å². The summed E-state index contributed by atoms with van der Waals surface area (Å²) < 4.78 is 5.85. The minimum absolute atomic E-state index is 0.182. The number of rotatable bonds is 3. The van der Waals surface area contributed by atoms with Gasteiger partial charge in [-0.15, -0.1) is 0 Å². The summed E-state index contributed by atoms with van der Waals surface area (Å²) in [4.78, 5) is 0. The molecule has 2 aromatic rings. The van der Waals surface area contributed by atoms with Crippen LogP contribution in [0.2, 0.25) is 0 Å². The van der Waals surface area contributed by atoms with Gasteiger partial charge >= 0.3 is 0 Å². The smallest absolute Gasteiger partial charge is 0.106 e. The monoisotopic (exact) mass is 285 g/mol. The second-order valence-electron chi connectivity index (χ2n) is 6.15. The van der Waals surface area contributed by atoms with Gasteiger partial charge in [0.25, 0.3) is 0 Å². The highest BCUT2D eigenvalue weighted by Crippen LogP contribution is 2.36. The molecule has 1 unspecified atom stereocenters. The Balaban J connectivity index is 2.73. The van der Waals surface area contributed by atoms with Crippen LogP contribution in [-0.2, 0) is 0 Å². The van der Waals surface area contributed by atoms with E-state index >= 15 is 0 Å². The van der Waals surface area contributed by atoms with Crippen molar-refractivity contribution in [2.75, 3.05) is 7.05 Å². The lowest BCUT2D eigenvalue weighted by molar-refractivity contribution is 0.495. The van der Waals surface area contributed by atoms with Crippen LogP contribution in [-0.4, -0.2) is 7.05 Å². The molecule has 0 aliphatic rings. The molecule has 0 aliphatic carbocycles. The van der Waals surface area contributed by atoms with Crippen molar-refractivity contribution in [2.24, 2.45) is 0 Å². The molecule has 114 valence electrons. The van der Waals surface area contributed by atoms with Crippen LogP contribution in [0.3, 0.4) is 0 Å². The zero-order valence-corrected chi connectivity index (χ0v) is 14.6. The second kappa shape index (κ2) is 5.69. The number of aryl methyl sites for hydroxylation is 4. The van der Waals surface area contributed by atoms with Crippen molar-refractivity contribution in [3.8, 4) is 0 Å². The molecule has 0 fully saturated rings. The molecule has 1 N–H and O–H groups in total. The molecule has 1 aromatic heterocycles. The van der Waals surface area contributed by atoms with Crippen molar-refractivity contribution in [1.29, 1.82) is 0 Å². The fourth-order valence-electron chi connectivity index (χ4n) is 3.35. The normalized spacial score (nSPS) is 12.8. The number of nitrogens with one attached hydrogen (secondary N) is 1. The Morgan fingerprint density at radius 3 is 1.67 bits per heavy atom. The summed E-state index contributed by atoms with van der Waals surface area (Å²) >= 11 is 0. The van der Waals surface area contributed by atoms with Gasteiger partial charge in [-0.05, 0) is 88.9 Å². The number of furan rings is 1. The lowest BCUT2D eigenvalue weighted by atomic mass is 9.85. The van der Waals surface area contributed by atoms with Gasteiger partial charge < -0.3 is 9.73 Å². The Hall–Kier alpha value is -1.54. The molecule has 1 heterocycles. The van der Waals surface area contributed by atoms with Crippen LogP contribution in [0.5, 0.6) is 0 Å². The molecule has 2 nitrogen and oxygen atoms in total. The van der Waals surface area contributed by atoms with E-state index in [1.165, 1.54) is 38.9 Å². The molecular formula is C19H27NO. The molecule has 0 saturated heterocycles. The van der Waals surface area contributed by atoms with Crippen molar-refractivity contribution in [1.82, 2.24) is 5.32 Å². The summed E-state index contributed by atoms with van der Waals surface area (Å²) in [6, 6.07) is 2.46. The van der Waals surface area contributed by atoms with Crippen LogP contribution >= 0.6 is 0 Å². The van der Waals surface area contributed by atoms with Gasteiger partial charge in [0.05, 0.1) is 6.04 Å². The average Bonchev–Trinajstić information content (AvgIpc) is 2.67. The van der Waals surface area contributed by atoms with E-state index in [4.69, 9.17) is 4.42 Å². The van der Waals surface area contributed by atoms with Gasteiger partial charge in [0.1, 0.15) is 11.5 Å². The van der Waals surface area contributed by atoms with Crippen LogP contribution in [0, 0.1) is 48.5 Å². The van der Waals surface area contributed by atoms with Crippen LogP contribution in [0.1, 0.15) is 56.5 Å². The zero-order chi connectivity index (χ0) is 15.9. The Morgan fingerprint density at radius 1 is 0.762 bits per heavy atom. The molecule has 2 rings (SSSR count). The third kappa shape index (κ3) is 2.53. The zero-order valence-electron chi connectivity index (χ0n) is 14.6. The average molecular weight is 285 g/mol. The molecule has 2 heteroatoms. The first kappa shape index (κ1) is 15.8. The highest BCUT2D eigenvalue weighted by Gasteiger charge is 2.25. The van der Waals surface area contributed by atoms with Crippen molar-refractivity contribution in [3.05, 3.63) is 56.5 Å². The standard InChI is InChI=1S/C19H27NO/c1-10-9-11(2)13(4)17(12(10)3)19(20-8)18-14(5)15(6)21-16(18)7/h9,19-20H,1-8H3. The summed E-state index contributed by atoms with van der Waals surface area (Å²) in [6.45, 7) is 15.1. The summed E-state index contributed by atoms with van der Waals surface area (Å²) in [5.41, 5.74) is 9.37. The van der Waals surface area contributed by atoms with Crippen molar-refractivity contribution in [3.63, 3.8) is 0 Å². The van der Waals surface area contributed by atoms with Crippen LogP contribution < -0.4 is 5.32 Å². The maximum absolute atomic E-state index is 5.85. The Morgan fingerprint density at radius 2 is 1.29 bits per heavy atom. The molecular weight excluding hydrogens is 258 g/mol. The van der Waals surface area contributed by atoms with Gasteiger partial charge in [-0.25, -0.2) is 0 Å². The van der Waals surface area contributed by atoms with E-state index in [2.05, 4.69) is 52.9 Å². The first-order valence-electron chi connectivity index (χ1n) is 7.60. The molecule has 21 heavy (non-hydrogen) atoms. The number of benzene rings is 1. The molecule has 0 spiro atoms. The highest BCUT2D eigenvalue weighted by atomic mass is 16.3. The minimum atomic E-state index is 0.182. The van der Waals surface area contributed by atoms with Gasteiger partial charge in [0.2, 0.25) is 0 Å². The summed E-state index contributed by atoms with van der Waals surface area (Å²) in [5, 5.41) is 3.51. The van der Waals surface area contributed by atoms with Gasteiger partial charge in [0.15, 0.2) is 0 Å². The number of hydrogen-bond acceptors (Lipinski definition) is 2. The van der Waals surface area contributed by atoms with Crippen molar-refractivity contribution < 1.29 is 4.42 Å². The maximum Gasteiger partial charge on any atom is 0.106 e. The largest absolute Gasteiger partial charge is 0.466 e. The van der Waals surface area contributed by atoms with E-state index in [1.54, 1.807) is 0 Å². The minimum Gasteiger partial charge on any atom is -0.466 e. The summed E-state index contributed by atoms with van der Waals surface area (Å²) in [7, 11) is 2.03. The second-order valence-corrected chi connectivity index (χ2v) is 6.15. The summed E-state index contributed by atoms with van der Waals surface area (Å²) in [6.07, 6.45) is 0. The molecule has 0 bridgehead atoms. The van der Waals surface area contributed by atoms with Gasteiger partial charge in [-0.1, -0.05) is 6.07 Å². The lowest BCUT2D eigenvalue weighted by Crippen LogP contribution is -2.22. The van der Waals surface area contributed by atoms with Crippen LogP contribution in [0.15, 0.2) is 10.5 Å². The van der Waals surface area contributed by atoms with E-state index < -0.39 is 0 Å². The molecule has 1 aromatic carbocycles. The predicted octanol–water partition coefficient (Wildman–Crippen LogP) is 4.75. The van der Waals surface area contributed by atoms with Crippen molar-refractivity contribution >= 4 is 0 Å². The quantitative estimate of drug-likeness (QED) is 0.880. The Bertz CT molecular complexity index is 653. The van der Waals surface area contributed by atoms with E-state index in [9.17, 15) is 0 Å². The topological polar surface area (TPSA) is 25.2 Å². The van der Waals surface area contributed by atoms with E-state index in [0.29, 0.717) is 0 Å². The molecule has 0 amide bonds. The fourth-order valence-corrected chi connectivity index (χ4v) is 3.35. The first-order chi connectivity index (χ1) is 9.79. The predicted molar refractivity (Wildman–Crippen MR) is 89.2 cm³/mol. The molecule has 0 radical (unpaired) electrons.